The van der Waals surface area contributed by atoms with Gasteiger partial charge in [-0.25, -0.2) is 9.44 Å². The second kappa shape index (κ2) is 9.79. The highest BCUT2D eigenvalue weighted by Gasteiger charge is 2.57. The summed E-state index contributed by atoms with van der Waals surface area (Å²) in [5, 5.41) is 6.86. The van der Waals surface area contributed by atoms with Crippen LogP contribution in [0.5, 0.6) is 5.88 Å². The maximum atomic E-state index is 12.7. The highest BCUT2D eigenvalue weighted by Crippen LogP contribution is 2.66. The molecular formula is C30H24ClIN5O2PS. The van der Waals surface area contributed by atoms with Crippen molar-refractivity contribution in [3.05, 3.63) is 82.3 Å². The monoisotopic (exact) mass is 711 g/mol. The van der Waals surface area contributed by atoms with Gasteiger partial charge in [0.2, 0.25) is 11.0 Å². The number of hydrogen-bond acceptors (Lipinski definition) is 6. The zero-order valence-corrected chi connectivity index (χ0v) is 26.8. The number of aromatic nitrogens is 5. The summed E-state index contributed by atoms with van der Waals surface area (Å²) in [6.07, 6.45) is 10.0. The van der Waals surface area contributed by atoms with Gasteiger partial charge in [0.15, 0.2) is 0 Å². The Balaban J connectivity index is 1.37. The van der Waals surface area contributed by atoms with E-state index in [0.29, 0.717) is 29.9 Å². The molecule has 0 radical (unpaired) electrons. The summed E-state index contributed by atoms with van der Waals surface area (Å²) in [7, 11) is -1.36. The summed E-state index contributed by atoms with van der Waals surface area (Å²) < 4.78 is 21.1. The van der Waals surface area contributed by atoms with Crippen LogP contribution in [0.4, 0.5) is 0 Å². The molecule has 0 bridgehead atoms. The fourth-order valence-corrected chi connectivity index (χ4v) is 8.60. The smallest absolute Gasteiger partial charge is 0.226 e. The minimum Gasteiger partial charge on any atom is -0.472 e. The molecule has 3 aliphatic carbocycles. The summed E-state index contributed by atoms with van der Waals surface area (Å²) in [5.41, 5.74) is 8.94. The van der Waals surface area contributed by atoms with Crippen molar-refractivity contribution in [1.29, 1.82) is 0 Å². The van der Waals surface area contributed by atoms with Crippen molar-refractivity contribution in [3.63, 3.8) is 0 Å². The molecule has 0 aliphatic heterocycles. The predicted molar refractivity (Wildman–Crippen MR) is 172 cm³/mol. The third kappa shape index (κ3) is 4.10. The molecule has 7 nitrogen and oxygen atoms in total. The second-order valence-corrected chi connectivity index (χ2v) is 14.6. The van der Waals surface area contributed by atoms with Gasteiger partial charge in [-0.05, 0) is 88.0 Å². The Kier molecular flexibility index (Phi) is 6.26. The van der Waals surface area contributed by atoms with Gasteiger partial charge in [-0.15, -0.1) is 0 Å². The molecule has 2 aromatic carbocycles. The van der Waals surface area contributed by atoms with Crippen LogP contribution >= 0.6 is 40.0 Å². The van der Waals surface area contributed by atoms with E-state index in [1.807, 2.05) is 47.2 Å². The summed E-state index contributed by atoms with van der Waals surface area (Å²) in [6.45, 7) is 0.358. The highest BCUT2D eigenvalue weighted by molar-refractivity contribution is 14.2. The fraction of sp³-hybridized carbons (Fsp3) is 0.267. The second-order valence-electron chi connectivity index (χ2n) is 10.9. The number of benzene rings is 2. The molecule has 0 saturated heterocycles. The quantitative estimate of drug-likeness (QED) is 0.0984. The lowest BCUT2D eigenvalue weighted by molar-refractivity contribution is 0.291. The van der Waals surface area contributed by atoms with Gasteiger partial charge < -0.3 is 4.74 Å². The van der Waals surface area contributed by atoms with E-state index < -0.39 is 10.8 Å². The molecule has 3 aliphatic rings. The molecule has 3 heterocycles. The number of halogens is 2. The average molecular weight is 712 g/mol. The van der Waals surface area contributed by atoms with Crippen LogP contribution in [0.25, 0.3) is 33.3 Å². The Morgan fingerprint density at radius 1 is 1.17 bits per heavy atom. The van der Waals surface area contributed by atoms with Crippen LogP contribution in [0.2, 0.25) is 5.02 Å². The van der Waals surface area contributed by atoms with Gasteiger partial charge in [-0.1, -0.05) is 41.9 Å². The molecule has 2 saturated carbocycles. The third-order valence-corrected chi connectivity index (χ3v) is 11.3. The van der Waals surface area contributed by atoms with E-state index in [9.17, 15) is 4.21 Å². The van der Waals surface area contributed by atoms with Crippen molar-refractivity contribution in [1.82, 2.24) is 24.5 Å². The van der Waals surface area contributed by atoms with Crippen LogP contribution in [-0.4, -0.2) is 35.0 Å². The lowest BCUT2D eigenvalue weighted by Gasteiger charge is -2.19. The fourth-order valence-electron chi connectivity index (χ4n) is 6.29. The normalized spacial score (nSPS) is 17.3. The van der Waals surface area contributed by atoms with Gasteiger partial charge in [0.05, 0.1) is 45.8 Å². The number of pyridine rings is 1. The summed E-state index contributed by atoms with van der Waals surface area (Å²) in [4.78, 5) is 14.7. The van der Waals surface area contributed by atoms with Crippen molar-refractivity contribution >= 4 is 61.7 Å². The molecule has 2 fully saturated rings. The number of rotatable bonds is 7. The summed E-state index contributed by atoms with van der Waals surface area (Å²) >= 11 is 9.40. The van der Waals surface area contributed by atoms with Crippen LogP contribution < -0.4 is 4.74 Å². The summed E-state index contributed by atoms with van der Waals surface area (Å²) in [6, 6.07) is 14.1. The molecule has 8 rings (SSSR count). The van der Waals surface area contributed by atoms with E-state index in [1.165, 1.54) is 5.56 Å². The third-order valence-electron chi connectivity index (χ3n) is 8.40. The minimum absolute atomic E-state index is 0.300. The van der Waals surface area contributed by atoms with E-state index in [2.05, 4.69) is 34.2 Å². The van der Waals surface area contributed by atoms with E-state index >= 15 is 0 Å². The number of fused-ring (bicyclic) bond motifs is 6. The molecule has 41 heavy (non-hydrogen) atoms. The van der Waals surface area contributed by atoms with E-state index in [-0.39, 0.29) is 5.41 Å². The van der Waals surface area contributed by atoms with Gasteiger partial charge in [0.1, 0.15) is 6.61 Å². The molecule has 206 valence electrons. The first-order chi connectivity index (χ1) is 20.0. The zero-order chi connectivity index (χ0) is 27.9. The number of ether oxygens (including phenoxy) is 1. The first-order valence-corrected chi connectivity index (χ1v) is 19.5. The lowest BCUT2D eigenvalue weighted by atomic mass is 9.88. The zero-order valence-electron chi connectivity index (χ0n) is 22.0. The SMILES string of the molecule is CS(=O)c1nc(OCc2ccccc2)c2c(n1)C1(CC1)c1c-2ccnc1-c1c(C2CC2)c(Cl)cc2c1cnn2PI. The lowest BCUT2D eigenvalue weighted by Crippen LogP contribution is -2.12. The van der Waals surface area contributed by atoms with Crippen molar-refractivity contribution in [2.45, 2.75) is 48.8 Å². The molecule has 2 unspecified atom stereocenters. The van der Waals surface area contributed by atoms with Crippen LogP contribution in [0.15, 0.2) is 60.0 Å². The van der Waals surface area contributed by atoms with Crippen molar-refractivity contribution < 1.29 is 8.95 Å². The van der Waals surface area contributed by atoms with Crippen molar-refractivity contribution in [2.24, 2.45) is 0 Å². The van der Waals surface area contributed by atoms with E-state index in [4.69, 9.17) is 36.4 Å². The number of hydrogen-bond donors (Lipinski definition) is 0. The van der Waals surface area contributed by atoms with Crippen LogP contribution in [0.1, 0.15) is 54.0 Å². The molecule has 1 spiro atoms. The first-order valence-electron chi connectivity index (χ1n) is 13.5. The maximum absolute atomic E-state index is 12.7. The maximum Gasteiger partial charge on any atom is 0.226 e. The Hall–Kier alpha value is -2.46. The Morgan fingerprint density at radius 3 is 2.68 bits per heavy atom. The summed E-state index contributed by atoms with van der Waals surface area (Å²) in [5.74, 6) is 0.895. The molecule has 5 aromatic rings. The van der Waals surface area contributed by atoms with Crippen LogP contribution in [-0.2, 0) is 22.8 Å². The Morgan fingerprint density at radius 2 is 1.98 bits per heavy atom. The standard InChI is InChI=1S/C30H24ClIN5O2PS/c1-41(38)29-35-27-24(28(36-29)39-15-16-5-3-2-4-6-16)18-9-12-33-26(25(18)30(27)10-11-30)23-19-14-34-37(40-32)21(19)13-20(31)22(23)17-7-8-17/h2-6,9,12-14,17,40H,7-8,10-11,15H2,1H3. The first kappa shape index (κ1) is 26.2. The molecule has 0 N–H and O–H groups in total. The molecule has 11 heteroatoms. The van der Waals surface area contributed by atoms with Gasteiger partial charge >= 0.3 is 0 Å². The van der Waals surface area contributed by atoms with Gasteiger partial charge in [0.25, 0.3) is 0 Å². The highest BCUT2D eigenvalue weighted by atomic mass is 127. The Labute approximate surface area is 259 Å². The molecule has 3 aromatic heterocycles. The van der Waals surface area contributed by atoms with Crippen molar-refractivity contribution in [3.8, 4) is 28.3 Å². The minimum atomic E-state index is -1.36. The molecule has 0 amide bonds. The van der Waals surface area contributed by atoms with Crippen molar-refractivity contribution in [2.75, 3.05) is 6.26 Å². The van der Waals surface area contributed by atoms with E-state index in [0.717, 1.165) is 80.8 Å². The Bertz CT molecular complexity index is 1910. The van der Waals surface area contributed by atoms with Gasteiger partial charge in [-0.3, -0.25) is 9.19 Å². The van der Waals surface area contributed by atoms with Gasteiger partial charge in [-0.2, -0.15) is 10.1 Å². The molecule has 2 atom stereocenters. The van der Waals surface area contributed by atoms with Crippen LogP contribution in [0, 0.1) is 0 Å². The average Bonchev–Trinajstić information content (AvgIpc) is 3.91. The largest absolute Gasteiger partial charge is 0.472 e. The van der Waals surface area contributed by atoms with E-state index in [1.54, 1.807) is 6.26 Å². The topological polar surface area (TPSA) is 82.8 Å². The van der Waals surface area contributed by atoms with Gasteiger partial charge in [0, 0.05) is 33.8 Å². The number of nitrogens with zero attached hydrogens (tertiary/aromatic N) is 5. The molecular weight excluding hydrogens is 688 g/mol. The predicted octanol–water partition coefficient (Wildman–Crippen LogP) is 7.59. The van der Waals surface area contributed by atoms with Crippen LogP contribution in [0.3, 0.4) is 0 Å².